The van der Waals surface area contributed by atoms with Gasteiger partial charge in [0.25, 0.3) is 0 Å². The van der Waals surface area contributed by atoms with Crippen LogP contribution in [-0.4, -0.2) is 11.2 Å². The van der Waals surface area contributed by atoms with Crippen LogP contribution < -0.4 is 0 Å². The van der Waals surface area contributed by atoms with E-state index in [1.165, 1.54) is 0 Å². The normalized spacial score (nSPS) is 14.2. The second-order valence-corrected chi connectivity index (χ2v) is 3.61. The Hall–Kier alpha value is -0.300. The highest BCUT2D eigenvalue weighted by molar-refractivity contribution is 4.87. The van der Waals surface area contributed by atoms with E-state index < -0.39 is 0 Å². The maximum Gasteiger partial charge on any atom is 0.0602 e. The minimum Gasteiger partial charge on any atom is -0.393 e. The van der Waals surface area contributed by atoms with Crippen molar-refractivity contribution in [2.45, 2.75) is 52.1 Å². The Kier molecular flexibility index (Phi) is 8.11. The lowest BCUT2D eigenvalue weighted by Gasteiger charge is -2.20. The maximum atomic E-state index is 9.82. The molecule has 0 aromatic carbocycles. The smallest absolute Gasteiger partial charge is 0.0602 e. The fourth-order valence-corrected chi connectivity index (χ4v) is 1.70. The van der Waals surface area contributed by atoms with Crippen molar-refractivity contribution in [2.24, 2.45) is 5.92 Å². The molecule has 0 aliphatic rings. The van der Waals surface area contributed by atoms with Crippen molar-refractivity contribution in [3.05, 3.63) is 19.1 Å². The third kappa shape index (κ3) is 5.87. The van der Waals surface area contributed by atoms with Crippen LogP contribution in [0.4, 0.5) is 0 Å². The van der Waals surface area contributed by atoms with Gasteiger partial charge in [-0.1, -0.05) is 38.8 Å². The Bertz CT molecular complexity index is 123. The van der Waals surface area contributed by atoms with Gasteiger partial charge in [0.1, 0.15) is 0 Å². The van der Waals surface area contributed by atoms with Crippen LogP contribution in [0.3, 0.4) is 0 Å². The molecule has 0 heterocycles. The first-order valence-electron chi connectivity index (χ1n) is 5.38. The Balaban J connectivity index is 3.86. The number of hydrogen-bond donors (Lipinski definition) is 1. The average molecular weight is 183 g/mol. The van der Waals surface area contributed by atoms with Crippen molar-refractivity contribution < 1.29 is 5.11 Å². The second-order valence-electron chi connectivity index (χ2n) is 3.61. The molecule has 0 aliphatic carbocycles. The highest BCUT2D eigenvalue weighted by atomic mass is 16.3. The SMILES string of the molecule is [CH2]C=CCC(O)C(CCC)CCC. The molecule has 0 rings (SSSR count). The summed E-state index contributed by atoms with van der Waals surface area (Å²) < 4.78 is 0. The number of rotatable bonds is 7. The molecule has 0 aromatic heterocycles. The van der Waals surface area contributed by atoms with E-state index in [2.05, 4.69) is 20.8 Å². The molecule has 0 fully saturated rings. The molecular formula is C12H23O. The summed E-state index contributed by atoms with van der Waals surface area (Å²) in [4.78, 5) is 0. The summed E-state index contributed by atoms with van der Waals surface area (Å²) in [6, 6.07) is 0. The first-order chi connectivity index (χ1) is 6.26. The van der Waals surface area contributed by atoms with E-state index in [9.17, 15) is 5.11 Å². The quantitative estimate of drug-likeness (QED) is 0.642. The monoisotopic (exact) mass is 183 g/mol. The molecule has 1 nitrogen and oxygen atoms in total. The van der Waals surface area contributed by atoms with E-state index >= 15 is 0 Å². The Labute approximate surface area is 82.9 Å². The predicted molar refractivity (Wildman–Crippen MR) is 58.4 cm³/mol. The van der Waals surface area contributed by atoms with Gasteiger partial charge in [-0.25, -0.2) is 0 Å². The molecule has 0 saturated carbocycles. The van der Waals surface area contributed by atoms with Crippen molar-refractivity contribution in [3.8, 4) is 0 Å². The second kappa shape index (κ2) is 8.31. The van der Waals surface area contributed by atoms with E-state index in [-0.39, 0.29) is 6.10 Å². The standard InChI is InChI=1S/C12H23O/c1-4-7-10-12(13)11(8-5-2)9-6-3/h4,7,11-13H,1,5-6,8-10H2,2-3H3. The first-order valence-corrected chi connectivity index (χ1v) is 5.38. The first kappa shape index (κ1) is 12.7. The summed E-state index contributed by atoms with van der Waals surface area (Å²) in [5, 5.41) is 9.82. The number of hydrogen-bond acceptors (Lipinski definition) is 1. The van der Waals surface area contributed by atoms with Gasteiger partial charge in [0.15, 0.2) is 0 Å². The lowest BCUT2D eigenvalue weighted by molar-refractivity contribution is 0.0988. The molecule has 0 amide bonds. The van der Waals surface area contributed by atoms with Crippen LogP contribution in [0.5, 0.6) is 0 Å². The maximum absolute atomic E-state index is 9.82. The van der Waals surface area contributed by atoms with Crippen LogP contribution >= 0.6 is 0 Å². The lowest BCUT2D eigenvalue weighted by Crippen LogP contribution is -2.19. The largest absolute Gasteiger partial charge is 0.393 e. The molecule has 0 saturated heterocycles. The van der Waals surface area contributed by atoms with Gasteiger partial charge in [-0.3, -0.25) is 0 Å². The molecule has 1 N–H and O–H groups in total. The summed E-state index contributed by atoms with van der Waals surface area (Å²) in [6.07, 6.45) is 8.90. The molecule has 1 unspecified atom stereocenters. The summed E-state index contributed by atoms with van der Waals surface area (Å²) in [6.45, 7) is 7.96. The zero-order chi connectivity index (χ0) is 10.1. The molecule has 1 radical (unpaired) electrons. The Morgan fingerprint density at radius 3 is 2.15 bits per heavy atom. The minimum atomic E-state index is -0.169. The van der Waals surface area contributed by atoms with Crippen molar-refractivity contribution in [2.75, 3.05) is 0 Å². The molecule has 77 valence electrons. The van der Waals surface area contributed by atoms with Gasteiger partial charge in [-0.05, 0) is 32.1 Å². The molecule has 0 aliphatic heterocycles. The van der Waals surface area contributed by atoms with Gasteiger partial charge in [0.05, 0.1) is 6.10 Å². The van der Waals surface area contributed by atoms with E-state index in [1.54, 1.807) is 6.08 Å². The molecule has 0 aromatic rings. The van der Waals surface area contributed by atoms with Crippen molar-refractivity contribution in [3.63, 3.8) is 0 Å². The molecule has 0 spiro atoms. The highest BCUT2D eigenvalue weighted by Crippen LogP contribution is 2.20. The Morgan fingerprint density at radius 2 is 1.77 bits per heavy atom. The number of aliphatic hydroxyl groups is 1. The molecule has 13 heavy (non-hydrogen) atoms. The van der Waals surface area contributed by atoms with Crippen LogP contribution in [0.15, 0.2) is 12.2 Å². The van der Waals surface area contributed by atoms with Crippen LogP contribution in [-0.2, 0) is 0 Å². The number of aliphatic hydroxyl groups excluding tert-OH is 1. The topological polar surface area (TPSA) is 20.2 Å². The fraction of sp³-hybridized carbons (Fsp3) is 0.750. The van der Waals surface area contributed by atoms with Crippen molar-refractivity contribution >= 4 is 0 Å². The van der Waals surface area contributed by atoms with Crippen LogP contribution in [0.1, 0.15) is 46.0 Å². The molecule has 1 atom stereocenters. The highest BCUT2D eigenvalue weighted by Gasteiger charge is 2.15. The summed E-state index contributed by atoms with van der Waals surface area (Å²) in [5.74, 6) is 0.478. The van der Waals surface area contributed by atoms with E-state index in [0.717, 1.165) is 32.1 Å². The van der Waals surface area contributed by atoms with E-state index in [0.29, 0.717) is 5.92 Å². The zero-order valence-electron chi connectivity index (χ0n) is 9.00. The average Bonchev–Trinajstić information content (AvgIpc) is 2.14. The Morgan fingerprint density at radius 1 is 1.23 bits per heavy atom. The van der Waals surface area contributed by atoms with Gasteiger partial charge in [-0.2, -0.15) is 0 Å². The summed E-state index contributed by atoms with van der Waals surface area (Å²) >= 11 is 0. The lowest BCUT2D eigenvalue weighted by atomic mass is 9.90. The van der Waals surface area contributed by atoms with E-state index in [4.69, 9.17) is 0 Å². The van der Waals surface area contributed by atoms with Crippen LogP contribution in [0.25, 0.3) is 0 Å². The van der Waals surface area contributed by atoms with Gasteiger partial charge in [0.2, 0.25) is 0 Å². The van der Waals surface area contributed by atoms with Crippen molar-refractivity contribution in [1.29, 1.82) is 0 Å². The van der Waals surface area contributed by atoms with Gasteiger partial charge >= 0.3 is 0 Å². The van der Waals surface area contributed by atoms with E-state index in [1.807, 2.05) is 6.08 Å². The third-order valence-corrected chi connectivity index (χ3v) is 2.41. The molecule has 0 bridgehead atoms. The number of allylic oxidation sites excluding steroid dienone is 1. The minimum absolute atomic E-state index is 0.169. The summed E-state index contributed by atoms with van der Waals surface area (Å²) in [5.41, 5.74) is 0. The zero-order valence-corrected chi connectivity index (χ0v) is 9.00. The van der Waals surface area contributed by atoms with Crippen LogP contribution in [0.2, 0.25) is 0 Å². The van der Waals surface area contributed by atoms with Crippen molar-refractivity contribution in [1.82, 2.24) is 0 Å². The fourth-order valence-electron chi connectivity index (χ4n) is 1.70. The molecular weight excluding hydrogens is 160 g/mol. The third-order valence-electron chi connectivity index (χ3n) is 2.41. The summed E-state index contributed by atoms with van der Waals surface area (Å²) in [7, 11) is 0. The predicted octanol–water partition coefficient (Wildman–Crippen LogP) is 3.34. The van der Waals surface area contributed by atoms with Gasteiger partial charge in [-0.15, -0.1) is 0 Å². The van der Waals surface area contributed by atoms with Gasteiger partial charge < -0.3 is 5.11 Å². The van der Waals surface area contributed by atoms with Gasteiger partial charge in [0, 0.05) is 0 Å². The molecule has 1 heteroatoms. The van der Waals surface area contributed by atoms with Crippen LogP contribution in [0, 0.1) is 12.8 Å².